The number of amides is 4. The maximum Gasteiger partial charge on any atom is 0.347 e. The van der Waals surface area contributed by atoms with E-state index in [4.69, 9.17) is 27.9 Å². The van der Waals surface area contributed by atoms with Gasteiger partial charge in [-0.15, -0.1) is 4.99 Å². The third kappa shape index (κ3) is 6.59. The fourth-order valence-corrected chi connectivity index (χ4v) is 3.11. The van der Waals surface area contributed by atoms with E-state index in [2.05, 4.69) is 9.71 Å². The molecule has 0 spiro atoms. The molecule has 1 atom stereocenters. The van der Waals surface area contributed by atoms with E-state index in [-0.39, 0.29) is 12.1 Å². The van der Waals surface area contributed by atoms with Crippen LogP contribution < -0.4 is 4.72 Å². The number of nitrogens with one attached hydrogen (secondary N) is 1. The van der Waals surface area contributed by atoms with E-state index in [0.29, 0.717) is 21.4 Å². The summed E-state index contributed by atoms with van der Waals surface area (Å²) in [6.45, 7) is 3.74. The minimum Gasteiger partial charge on any atom is -0.468 e. The lowest BCUT2D eigenvalue weighted by Gasteiger charge is -2.28. The first kappa shape index (κ1) is 22.4. The van der Waals surface area contributed by atoms with E-state index < -0.39 is 12.1 Å². The van der Waals surface area contributed by atoms with Crippen LogP contribution in [0, 0.1) is 0 Å². The highest BCUT2D eigenvalue weighted by Crippen LogP contribution is 2.25. The highest BCUT2D eigenvalue weighted by molar-refractivity contribution is 7.98. The van der Waals surface area contributed by atoms with E-state index in [1.807, 2.05) is 13.8 Å². The zero-order chi connectivity index (χ0) is 19.9. The third-order valence-corrected chi connectivity index (χ3v) is 4.49. The van der Waals surface area contributed by atoms with Crippen molar-refractivity contribution in [2.24, 2.45) is 4.99 Å². The Bertz CT molecular complexity index is 665. The topological polar surface area (TPSA) is 74.2 Å². The fraction of sp³-hybridized carbons (Fsp3) is 0.438. The summed E-state index contributed by atoms with van der Waals surface area (Å²) in [4.78, 5) is 31.7. The minimum absolute atomic E-state index is 0.0831. The fourth-order valence-electron chi connectivity index (χ4n) is 1.78. The second-order valence-electron chi connectivity index (χ2n) is 5.52. The molecule has 0 aromatic heterocycles. The number of nitrogens with zero attached hydrogens (tertiary/aromatic N) is 3. The molecular formula is C16H22Cl2N4O3S. The van der Waals surface area contributed by atoms with Crippen LogP contribution in [0.25, 0.3) is 0 Å². The average Bonchev–Trinajstić information content (AvgIpc) is 2.57. The van der Waals surface area contributed by atoms with Gasteiger partial charge in [0.25, 0.3) is 0 Å². The summed E-state index contributed by atoms with van der Waals surface area (Å²) in [7, 11) is 4.48. The standard InChI is InChI=1S/C16H22Cl2N4O3S/c1-6-10(2)22(16(25-5)19-14(23)21(3)4)15(24)20-26-13-8-11(17)7-12(18)9-13/h7-10H,6H2,1-5H3,(H,20,24). The van der Waals surface area contributed by atoms with Crippen molar-refractivity contribution < 1.29 is 14.3 Å². The predicted octanol–water partition coefficient (Wildman–Crippen LogP) is 4.49. The van der Waals surface area contributed by atoms with E-state index in [9.17, 15) is 9.59 Å². The lowest BCUT2D eigenvalue weighted by Crippen LogP contribution is -2.48. The van der Waals surface area contributed by atoms with Gasteiger partial charge < -0.3 is 9.64 Å². The van der Waals surface area contributed by atoms with Crippen molar-refractivity contribution in [3.8, 4) is 0 Å². The minimum atomic E-state index is -0.530. The number of halogens is 2. The van der Waals surface area contributed by atoms with Crippen molar-refractivity contribution in [2.45, 2.75) is 31.2 Å². The lowest BCUT2D eigenvalue weighted by atomic mass is 10.2. The number of urea groups is 2. The lowest BCUT2D eigenvalue weighted by molar-refractivity contribution is 0.197. The van der Waals surface area contributed by atoms with E-state index >= 15 is 0 Å². The zero-order valence-corrected chi connectivity index (χ0v) is 17.6. The Morgan fingerprint density at radius 3 is 2.31 bits per heavy atom. The van der Waals surface area contributed by atoms with Gasteiger partial charge >= 0.3 is 18.1 Å². The SMILES string of the molecule is CCC(C)N(C(=O)NSc1cc(Cl)cc(Cl)c1)C(=NC(=O)N(C)C)OC. The number of aliphatic imine (C=N–C) groups is 1. The largest absolute Gasteiger partial charge is 0.468 e. The van der Waals surface area contributed by atoms with Gasteiger partial charge in [-0.25, -0.2) is 14.5 Å². The second kappa shape index (κ2) is 10.5. The molecule has 144 valence electrons. The number of methoxy groups -OCH3 is 1. The van der Waals surface area contributed by atoms with Crippen LogP contribution in [0.3, 0.4) is 0 Å². The van der Waals surface area contributed by atoms with Gasteiger partial charge in [-0.05, 0) is 43.5 Å². The Labute approximate surface area is 167 Å². The van der Waals surface area contributed by atoms with E-state index in [1.54, 1.807) is 32.3 Å². The second-order valence-corrected chi connectivity index (χ2v) is 7.27. The van der Waals surface area contributed by atoms with Crippen LogP contribution in [0.2, 0.25) is 10.0 Å². The van der Waals surface area contributed by atoms with Crippen LogP contribution in [0.1, 0.15) is 20.3 Å². The maximum atomic E-state index is 12.7. The molecule has 0 saturated carbocycles. The summed E-state index contributed by atoms with van der Waals surface area (Å²) in [5.41, 5.74) is 0. The molecule has 7 nitrogen and oxygen atoms in total. The Morgan fingerprint density at radius 2 is 1.85 bits per heavy atom. The van der Waals surface area contributed by atoms with Gasteiger partial charge in [-0.2, -0.15) is 0 Å². The number of rotatable bonds is 4. The van der Waals surface area contributed by atoms with Crippen molar-refractivity contribution in [3.63, 3.8) is 0 Å². The summed E-state index contributed by atoms with van der Waals surface area (Å²) in [5, 5.41) is 0.924. The number of amidine groups is 1. The van der Waals surface area contributed by atoms with Gasteiger partial charge in [0.2, 0.25) is 0 Å². The molecule has 1 aromatic carbocycles. The molecule has 0 aliphatic heterocycles. The number of benzene rings is 1. The number of hydrogen-bond acceptors (Lipinski definition) is 4. The molecule has 10 heteroatoms. The highest BCUT2D eigenvalue weighted by Gasteiger charge is 2.27. The van der Waals surface area contributed by atoms with Crippen molar-refractivity contribution in [3.05, 3.63) is 28.2 Å². The molecule has 26 heavy (non-hydrogen) atoms. The molecule has 0 aliphatic rings. The summed E-state index contributed by atoms with van der Waals surface area (Å²) >= 11 is 13.0. The highest BCUT2D eigenvalue weighted by atomic mass is 35.5. The molecule has 1 rings (SSSR count). The number of hydrogen-bond donors (Lipinski definition) is 1. The molecule has 1 aromatic rings. The predicted molar refractivity (Wildman–Crippen MR) is 106 cm³/mol. The van der Waals surface area contributed by atoms with Crippen molar-refractivity contribution in [1.82, 2.24) is 14.5 Å². The summed E-state index contributed by atoms with van der Waals surface area (Å²) in [6.07, 6.45) is 0.639. The first-order valence-corrected chi connectivity index (χ1v) is 9.32. The Hall–Kier alpha value is -1.64. The number of carbonyl (C=O) groups excluding carboxylic acids is 2. The monoisotopic (exact) mass is 420 g/mol. The van der Waals surface area contributed by atoms with Gasteiger partial charge in [-0.1, -0.05) is 30.1 Å². The normalized spacial score (nSPS) is 12.3. The molecule has 1 N–H and O–H groups in total. The smallest absolute Gasteiger partial charge is 0.347 e. The van der Waals surface area contributed by atoms with Gasteiger partial charge in [0, 0.05) is 35.1 Å². The van der Waals surface area contributed by atoms with Gasteiger partial charge in [0.1, 0.15) is 0 Å². The molecule has 0 radical (unpaired) electrons. The summed E-state index contributed by atoms with van der Waals surface area (Å²) in [6, 6.07) is 3.61. The number of ether oxygens (including phenoxy) is 1. The van der Waals surface area contributed by atoms with Gasteiger partial charge in [-0.3, -0.25) is 4.72 Å². The Kier molecular flexibility index (Phi) is 9.04. The molecule has 4 amide bonds. The Morgan fingerprint density at radius 1 is 1.27 bits per heavy atom. The zero-order valence-electron chi connectivity index (χ0n) is 15.2. The maximum absolute atomic E-state index is 12.7. The average molecular weight is 421 g/mol. The molecular weight excluding hydrogens is 399 g/mol. The van der Waals surface area contributed by atoms with Crippen LogP contribution in [-0.2, 0) is 4.74 Å². The van der Waals surface area contributed by atoms with E-state index in [0.717, 1.165) is 11.9 Å². The molecule has 0 aliphatic carbocycles. The molecule has 1 unspecified atom stereocenters. The van der Waals surface area contributed by atoms with Crippen molar-refractivity contribution in [2.75, 3.05) is 21.2 Å². The van der Waals surface area contributed by atoms with Gasteiger partial charge in [0.15, 0.2) is 0 Å². The van der Waals surface area contributed by atoms with Crippen molar-refractivity contribution in [1.29, 1.82) is 0 Å². The van der Waals surface area contributed by atoms with Crippen molar-refractivity contribution >= 4 is 53.2 Å². The molecule has 0 fully saturated rings. The van der Waals surface area contributed by atoms with E-state index in [1.165, 1.54) is 16.9 Å². The van der Waals surface area contributed by atoms with Crippen LogP contribution in [0.5, 0.6) is 0 Å². The molecule has 0 heterocycles. The third-order valence-electron chi connectivity index (χ3n) is 3.31. The first-order chi connectivity index (χ1) is 12.2. The van der Waals surface area contributed by atoms with Crippen LogP contribution in [-0.4, -0.2) is 55.1 Å². The van der Waals surface area contributed by atoms with Crippen LogP contribution >= 0.6 is 35.1 Å². The van der Waals surface area contributed by atoms with Crippen LogP contribution in [0.15, 0.2) is 28.1 Å². The Balaban J connectivity index is 3.00. The first-order valence-electron chi connectivity index (χ1n) is 7.75. The van der Waals surface area contributed by atoms with Gasteiger partial charge in [0.05, 0.1) is 7.11 Å². The molecule has 0 saturated heterocycles. The summed E-state index contributed by atoms with van der Waals surface area (Å²) < 4.78 is 7.87. The molecule has 0 bridgehead atoms. The van der Waals surface area contributed by atoms with Crippen LogP contribution in [0.4, 0.5) is 9.59 Å². The number of carbonyl (C=O) groups is 2. The quantitative estimate of drug-likeness (QED) is 0.442. The summed E-state index contributed by atoms with van der Waals surface area (Å²) in [5.74, 6) is 0.